The molecule has 1 aromatic carbocycles. The zero-order chi connectivity index (χ0) is 14.9. The first-order valence-corrected chi connectivity index (χ1v) is 7.07. The van der Waals surface area contributed by atoms with Crippen molar-refractivity contribution < 1.29 is 18.4 Å². The summed E-state index contributed by atoms with van der Waals surface area (Å²) in [5, 5.41) is 0. The van der Waals surface area contributed by atoms with Gasteiger partial charge in [0.2, 0.25) is 5.91 Å². The number of likely N-dealkylation sites (tertiary alicyclic amines) is 1. The Bertz CT molecular complexity index is 554. The summed E-state index contributed by atoms with van der Waals surface area (Å²) in [4.78, 5) is 25.3. The number of amides is 1. The molecule has 0 N–H and O–H groups in total. The van der Waals surface area contributed by atoms with Crippen LogP contribution in [0.25, 0.3) is 0 Å². The minimum absolute atomic E-state index is 0.0519. The molecule has 3 nitrogen and oxygen atoms in total. The molecule has 0 atom stereocenters. The van der Waals surface area contributed by atoms with E-state index in [9.17, 15) is 18.4 Å². The Labute approximate surface area is 124 Å². The Morgan fingerprint density at radius 2 is 1.85 bits per heavy atom. The third-order valence-electron chi connectivity index (χ3n) is 3.58. The molecule has 0 aromatic heterocycles. The SMILES string of the molecule is CC(=O)N1CCC(Br)(C(=O)c2cc(F)ccc2F)CC1. The van der Waals surface area contributed by atoms with E-state index >= 15 is 0 Å². The molecule has 1 saturated heterocycles. The Balaban J connectivity index is 2.21. The lowest BCUT2D eigenvalue weighted by Gasteiger charge is -2.36. The molecular weight excluding hydrogens is 332 g/mol. The van der Waals surface area contributed by atoms with Gasteiger partial charge < -0.3 is 4.90 Å². The van der Waals surface area contributed by atoms with Crippen LogP contribution in [0.5, 0.6) is 0 Å². The van der Waals surface area contributed by atoms with E-state index in [2.05, 4.69) is 15.9 Å². The second-order valence-corrected chi connectivity index (χ2v) is 6.44. The van der Waals surface area contributed by atoms with E-state index in [4.69, 9.17) is 0 Å². The van der Waals surface area contributed by atoms with Gasteiger partial charge in [-0.05, 0) is 31.0 Å². The molecule has 1 aromatic rings. The molecule has 0 unspecified atom stereocenters. The number of nitrogens with zero attached hydrogens (tertiary/aromatic N) is 1. The lowest BCUT2D eigenvalue weighted by atomic mass is 9.88. The molecule has 108 valence electrons. The number of carbonyl (C=O) groups is 2. The van der Waals surface area contributed by atoms with Crippen molar-refractivity contribution >= 4 is 27.6 Å². The predicted molar refractivity (Wildman–Crippen MR) is 73.8 cm³/mol. The Kier molecular flexibility index (Phi) is 4.22. The van der Waals surface area contributed by atoms with Gasteiger partial charge in [0, 0.05) is 20.0 Å². The zero-order valence-electron chi connectivity index (χ0n) is 11.0. The van der Waals surface area contributed by atoms with Crippen LogP contribution in [0.1, 0.15) is 30.1 Å². The molecule has 2 rings (SSSR count). The topological polar surface area (TPSA) is 37.4 Å². The first-order chi connectivity index (χ1) is 9.33. The molecule has 1 aliphatic heterocycles. The van der Waals surface area contributed by atoms with Crippen molar-refractivity contribution in [3.8, 4) is 0 Å². The van der Waals surface area contributed by atoms with Crippen LogP contribution in [-0.4, -0.2) is 34.0 Å². The summed E-state index contributed by atoms with van der Waals surface area (Å²) in [5.74, 6) is -1.90. The summed E-state index contributed by atoms with van der Waals surface area (Å²) in [6.45, 7) is 2.31. The van der Waals surface area contributed by atoms with Crippen molar-refractivity contribution in [2.45, 2.75) is 24.1 Å². The third-order valence-corrected chi connectivity index (χ3v) is 4.73. The average Bonchev–Trinajstić information content (AvgIpc) is 2.41. The van der Waals surface area contributed by atoms with Crippen LogP contribution in [0.15, 0.2) is 18.2 Å². The first kappa shape index (κ1) is 15.1. The van der Waals surface area contributed by atoms with Gasteiger partial charge in [-0.25, -0.2) is 8.78 Å². The highest BCUT2D eigenvalue weighted by Gasteiger charge is 2.40. The maximum atomic E-state index is 13.7. The molecule has 1 heterocycles. The molecule has 1 fully saturated rings. The van der Waals surface area contributed by atoms with E-state index in [1.54, 1.807) is 4.90 Å². The average molecular weight is 346 g/mol. The van der Waals surface area contributed by atoms with Gasteiger partial charge in [-0.15, -0.1) is 0 Å². The van der Waals surface area contributed by atoms with E-state index in [1.807, 2.05) is 0 Å². The minimum atomic E-state index is -0.937. The molecule has 0 radical (unpaired) electrons. The fourth-order valence-corrected chi connectivity index (χ4v) is 2.88. The molecular formula is C14H14BrF2NO2. The molecule has 6 heteroatoms. The van der Waals surface area contributed by atoms with Crippen molar-refractivity contribution in [1.29, 1.82) is 0 Å². The molecule has 0 aliphatic carbocycles. The Hall–Kier alpha value is -1.30. The summed E-state index contributed by atoms with van der Waals surface area (Å²) < 4.78 is 25.9. The highest BCUT2D eigenvalue weighted by Crippen LogP contribution is 2.35. The largest absolute Gasteiger partial charge is 0.343 e. The highest BCUT2D eigenvalue weighted by molar-refractivity contribution is 9.10. The van der Waals surface area contributed by atoms with E-state index in [1.165, 1.54) is 6.92 Å². The molecule has 0 saturated carbocycles. The number of hydrogen-bond acceptors (Lipinski definition) is 2. The molecule has 1 amide bonds. The van der Waals surface area contributed by atoms with Gasteiger partial charge in [0.15, 0.2) is 5.78 Å². The quantitative estimate of drug-likeness (QED) is 0.610. The number of Topliss-reactive ketones (excluding diaryl/α,β-unsaturated/α-hetero) is 1. The van der Waals surface area contributed by atoms with Crippen molar-refractivity contribution in [1.82, 2.24) is 4.90 Å². The van der Waals surface area contributed by atoms with Crippen LogP contribution < -0.4 is 0 Å². The number of carbonyl (C=O) groups excluding carboxylic acids is 2. The maximum Gasteiger partial charge on any atom is 0.219 e. The van der Waals surface area contributed by atoms with Crippen LogP contribution in [0.2, 0.25) is 0 Å². The number of halogens is 3. The van der Waals surface area contributed by atoms with E-state index < -0.39 is 21.7 Å². The van der Waals surface area contributed by atoms with E-state index in [0.29, 0.717) is 25.9 Å². The van der Waals surface area contributed by atoms with E-state index in [0.717, 1.165) is 18.2 Å². The van der Waals surface area contributed by atoms with Gasteiger partial charge in [-0.2, -0.15) is 0 Å². The monoisotopic (exact) mass is 345 g/mol. The van der Waals surface area contributed by atoms with Gasteiger partial charge in [0.25, 0.3) is 0 Å². The van der Waals surface area contributed by atoms with Crippen molar-refractivity contribution in [2.75, 3.05) is 13.1 Å². The Morgan fingerprint density at radius 1 is 1.25 bits per heavy atom. The lowest BCUT2D eigenvalue weighted by molar-refractivity contribution is -0.129. The smallest absolute Gasteiger partial charge is 0.219 e. The standard InChI is InChI=1S/C14H14BrF2NO2/c1-9(19)18-6-4-14(15,5-7-18)13(20)11-8-10(16)2-3-12(11)17/h2-3,8H,4-7H2,1H3. The second kappa shape index (κ2) is 5.60. The van der Waals surface area contributed by atoms with Gasteiger partial charge in [-0.1, -0.05) is 15.9 Å². The zero-order valence-corrected chi connectivity index (χ0v) is 12.5. The van der Waals surface area contributed by atoms with Crippen LogP contribution >= 0.6 is 15.9 Å². The summed E-state index contributed by atoms with van der Waals surface area (Å²) in [6.07, 6.45) is 0.753. The number of ketones is 1. The van der Waals surface area contributed by atoms with Gasteiger partial charge in [0.05, 0.1) is 9.89 Å². The summed E-state index contributed by atoms with van der Waals surface area (Å²) in [7, 11) is 0. The Morgan fingerprint density at radius 3 is 2.40 bits per heavy atom. The van der Waals surface area contributed by atoms with Gasteiger partial charge >= 0.3 is 0 Å². The van der Waals surface area contributed by atoms with Crippen LogP contribution in [-0.2, 0) is 4.79 Å². The fourth-order valence-electron chi connectivity index (χ4n) is 2.32. The molecule has 0 bridgehead atoms. The molecule has 20 heavy (non-hydrogen) atoms. The predicted octanol–water partition coefficient (Wildman–Crippen LogP) is 2.92. The van der Waals surface area contributed by atoms with E-state index in [-0.39, 0.29) is 11.5 Å². The van der Waals surface area contributed by atoms with Crippen LogP contribution in [0.4, 0.5) is 8.78 Å². The molecule has 1 aliphatic rings. The first-order valence-electron chi connectivity index (χ1n) is 6.28. The number of piperidine rings is 1. The second-order valence-electron chi connectivity index (χ2n) is 4.92. The van der Waals surface area contributed by atoms with Crippen LogP contribution in [0.3, 0.4) is 0 Å². The van der Waals surface area contributed by atoms with Crippen molar-refractivity contribution in [3.63, 3.8) is 0 Å². The fraction of sp³-hybridized carbons (Fsp3) is 0.429. The van der Waals surface area contributed by atoms with Gasteiger partial charge in [-0.3, -0.25) is 9.59 Å². The number of alkyl halides is 1. The lowest BCUT2D eigenvalue weighted by Crippen LogP contribution is -2.47. The summed E-state index contributed by atoms with van der Waals surface area (Å²) in [6, 6.07) is 2.84. The summed E-state index contributed by atoms with van der Waals surface area (Å²) >= 11 is 3.36. The molecule has 0 spiro atoms. The maximum absolute atomic E-state index is 13.7. The van der Waals surface area contributed by atoms with Crippen molar-refractivity contribution in [2.24, 2.45) is 0 Å². The van der Waals surface area contributed by atoms with Crippen LogP contribution in [0, 0.1) is 11.6 Å². The normalized spacial score (nSPS) is 17.9. The van der Waals surface area contributed by atoms with Crippen molar-refractivity contribution in [3.05, 3.63) is 35.4 Å². The van der Waals surface area contributed by atoms with Gasteiger partial charge in [0.1, 0.15) is 11.6 Å². The summed E-state index contributed by atoms with van der Waals surface area (Å²) in [5.41, 5.74) is -0.252. The number of rotatable bonds is 2. The number of hydrogen-bond donors (Lipinski definition) is 0. The minimum Gasteiger partial charge on any atom is -0.343 e. The highest BCUT2D eigenvalue weighted by atomic mass is 79.9. The number of benzene rings is 1. The third kappa shape index (κ3) is 2.90.